The number of hydrogen-bond acceptors (Lipinski definition) is 4. The second-order valence-electron chi connectivity index (χ2n) is 5.28. The smallest absolute Gasteiger partial charge is 0.269 e. The van der Waals surface area contributed by atoms with Crippen LogP contribution in [0, 0.1) is 17.0 Å². The maximum Gasteiger partial charge on any atom is 0.269 e. The Hall–Kier alpha value is -2.73. The van der Waals surface area contributed by atoms with Crippen molar-refractivity contribution in [2.45, 2.75) is 26.4 Å². The Bertz CT molecular complexity index is 728. The highest BCUT2D eigenvalue weighted by Crippen LogP contribution is 2.18. The molecule has 2 rings (SSSR count). The Labute approximate surface area is 133 Å². The molecule has 0 aromatic heterocycles. The molecular weight excluding hydrogens is 296 g/mol. The van der Waals surface area contributed by atoms with Crippen LogP contribution in [0.1, 0.15) is 23.1 Å². The van der Waals surface area contributed by atoms with Crippen molar-refractivity contribution in [1.82, 2.24) is 0 Å². The van der Waals surface area contributed by atoms with E-state index >= 15 is 0 Å². The molecule has 120 valence electrons. The van der Waals surface area contributed by atoms with Gasteiger partial charge in [0.15, 0.2) is 0 Å². The van der Waals surface area contributed by atoms with E-state index in [4.69, 9.17) is 5.11 Å². The highest BCUT2D eigenvalue weighted by molar-refractivity contribution is 5.91. The van der Waals surface area contributed by atoms with Crippen molar-refractivity contribution in [2.24, 2.45) is 0 Å². The van der Waals surface area contributed by atoms with Gasteiger partial charge < -0.3 is 10.4 Å². The lowest BCUT2D eigenvalue weighted by molar-refractivity contribution is -0.384. The summed E-state index contributed by atoms with van der Waals surface area (Å²) in [5.41, 5.74) is 3.07. The summed E-state index contributed by atoms with van der Waals surface area (Å²) in [7, 11) is 0. The van der Waals surface area contributed by atoms with Crippen molar-refractivity contribution in [2.75, 3.05) is 5.32 Å². The van der Waals surface area contributed by atoms with Crippen LogP contribution in [0.4, 0.5) is 11.4 Å². The lowest BCUT2D eigenvalue weighted by Crippen LogP contribution is -2.13. The molecule has 0 saturated heterocycles. The van der Waals surface area contributed by atoms with Crippen molar-refractivity contribution < 1.29 is 14.8 Å². The molecule has 0 radical (unpaired) electrons. The van der Waals surface area contributed by atoms with Crippen molar-refractivity contribution in [3.8, 4) is 0 Å². The molecule has 0 atom stereocenters. The van der Waals surface area contributed by atoms with Crippen LogP contribution in [0.5, 0.6) is 0 Å². The SMILES string of the molecule is Cc1ccc(CO)cc1NC(=O)CCc1cccc([N+](=O)[O-])c1. The molecule has 0 aliphatic carbocycles. The number of carbonyl (C=O) groups excluding carboxylic acids is 1. The van der Waals surface area contributed by atoms with Crippen molar-refractivity contribution in [3.63, 3.8) is 0 Å². The van der Waals surface area contributed by atoms with Crippen LogP contribution in [-0.4, -0.2) is 15.9 Å². The monoisotopic (exact) mass is 314 g/mol. The Balaban J connectivity index is 1.98. The highest BCUT2D eigenvalue weighted by atomic mass is 16.6. The first-order valence-electron chi connectivity index (χ1n) is 7.23. The third-order valence-electron chi connectivity index (χ3n) is 3.52. The summed E-state index contributed by atoms with van der Waals surface area (Å²) in [4.78, 5) is 22.3. The van der Waals surface area contributed by atoms with Gasteiger partial charge in [-0.3, -0.25) is 14.9 Å². The molecule has 0 fully saturated rings. The maximum absolute atomic E-state index is 12.0. The van der Waals surface area contributed by atoms with Gasteiger partial charge in [0.05, 0.1) is 11.5 Å². The van der Waals surface area contributed by atoms with Gasteiger partial charge in [0.1, 0.15) is 0 Å². The largest absolute Gasteiger partial charge is 0.392 e. The lowest BCUT2D eigenvalue weighted by Gasteiger charge is -2.10. The van der Waals surface area contributed by atoms with Crippen LogP contribution in [0.2, 0.25) is 0 Å². The molecule has 6 heteroatoms. The minimum absolute atomic E-state index is 0.0226. The minimum atomic E-state index is -0.451. The average molecular weight is 314 g/mol. The first-order valence-corrected chi connectivity index (χ1v) is 7.23. The van der Waals surface area contributed by atoms with Crippen LogP contribution in [-0.2, 0) is 17.8 Å². The Morgan fingerprint density at radius 3 is 2.70 bits per heavy atom. The molecule has 2 aromatic rings. The van der Waals surface area contributed by atoms with Crippen LogP contribution in [0.25, 0.3) is 0 Å². The van der Waals surface area contributed by atoms with Gasteiger partial charge in [-0.15, -0.1) is 0 Å². The average Bonchev–Trinajstić information content (AvgIpc) is 2.55. The number of nitro groups is 1. The third-order valence-corrected chi connectivity index (χ3v) is 3.52. The number of aliphatic hydroxyl groups is 1. The summed E-state index contributed by atoms with van der Waals surface area (Å²) in [6, 6.07) is 11.6. The van der Waals surface area contributed by atoms with Crippen LogP contribution < -0.4 is 5.32 Å². The fraction of sp³-hybridized carbons (Fsp3) is 0.235. The maximum atomic E-state index is 12.0. The summed E-state index contributed by atoms with van der Waals surface area (Å²) in [5.74, 6) is -0.172. The summed E-state index contributed by atoms with van der Waals surface area (Å²) < 4.78 is 0. The molecule has 0 spiro atoms. The van der Waals surface area contributed by atoms with Gasteiger partial charge in [-0.05, 0) is 36.1 Å². The number of non-ortho nitro benzene ring substituents is 1. The minimum Gasteiger partial charge on any atom is -0.392 e. The van der Waals surface area contributed by atoms with Gasteiger partial charge >= 0.3 is 0 Å². The third kappa shape index (κ3) is 4.62. The molecule has 2 aromatic carbocycles. The first kappa shape index (κ1) is 16.6. The molecule has 23 heavy (non-hydrogen) atoms. The van der Waals surface area contributed by atoms with Gasteiger partial charge in [0, 0.05) is 24.2 Å². The molecule has 2 N–H and O–H groups in total. The van der Waals surface area contributed by atoms with E-state index in [2.05, 4.69) is 5.32 Å². The van der Waals surface area contributed by atoms with Gasteiger partial charge in [0.25, 0.3) is 5.69 Å². The predicted octanol–water partition coefficient (Wildman–Crippen LogP) is 2.97. The first-order chi connectivity index (χ1) is 11.0. The highest BCUT2D eigenvalue weighted by Gasteiger charge is 2.09. The van der Waals surface area contributed by atoms with Crippen LogP contribution >= 0.6 is 0 Å². The van der Waals surface area contributed by atoms with Gasteiger partial charge in [-0.25, -0.2) is 0 Å². The molecule has 0 heterocycles. The summed E-state index contributed by atoms with van der Waals surface area (Å²) >= 11 is 0. The molecule has 0 bridgehead atoms. The van der Waals surface area contributed by atoms with E-state index in [0.29, 0.717) is 12.1 Å². The zero-order valence-corrected chi connectivity index (χ0v) is 12.8. The predicted molar refractivity (Wildman–Crippen MR) is 87.1 cm³/mol. The fourth-order valence-corrected chi connectivity index (χ4v) is 2.20. The normalized spacial score (nSPS) is 10.3. The Morgan fingerprint density at radius 2 is 2.00 bits per heavy atom. The standard InChI is InChI=1S/C17H18N2O4/c1-12-5-6-14(11-20)10-16(12)18-17(21)8-7-13-3-2-4-15(9-13)19(22)23/h2-6,9-10,20H,7-8,11H2,1H3,(H,18,21). The van der Waals surface area contributed by atoms with E-state index in [1.165, 1.54) is 12.1 Å². The topological polar surface area (TPSA) is 92.5 Å². The van der Waals surface area contributed by atoms with Crippen LogP contribution in [0.3, 0.4) is 0 Å². The molecule has 0 aliphatic heterocycles. The van der Waals surface area contributed by atoms with Gasteiger partial charge in [-0.1, -0.05) is 24.3 Å². The van der Waals surface area contributed by atoms with E-state index in [9.17, 15) is 14.9 Å². The molecule has 0 unspecified atom stereocenters. The van der Waals surface area contributed by atoms with Crippen molar-refractivity contribution >= 4 is 17.3 Å². The number of anilines is 1. The summed E-state index contributed by atoms with van der Waals surface area (Å²) in [6.07, 6.45) is 0.649. The Kier molecular flexibility index (Phi) is 5.43. The molecular formula is C17H18N2O4. The molecule has 6 nitrogen and oxygen atoms in total. The van der Waals surface area contributed by atoms with E-state index < -0.39 is 4.92 Å². The summed E-state index contributed by atoms with van der Waals surface area (Å²) in [6.45, 7) is 1.79. The van der Waals surface area contributed by atoms with Gasteiger partial charge in [0.2, 0.25) is 5.91 Å². The van der Waals surface area contributed by atoms with Crippen molar-refractivity contribution in [3.05, 3.63) is 69.3 Å². The fourth-order valence-electron chi connectivity index (χ4n) is 2.20. The quantitative estimate of drug-likeness (QED) is 0.633. The van der Waals surface area contributed by atoms with Gasteiger partial charge in [-0.2, -0.15) is 0 Å². The van der Waals surface area contributed by atoms with E-state index in [0.717, 1.165) is 16.7 Å². The van der Waals surface area contributed by atoms with E-state index in [-0.39, 0.29) is 24.6 Å². The van der Waals surface area contributed by atoms with Crippen LogP contribution in [0.15, 0.2) is 42.5 Å². The number of aryl methyl sites for hydroxylation is 2. The number of aliphatic hydroxyl groups excluding tert-OH is 1. The second-order valence-corrected chi connectivity index (χ2v) is 5.28. The number of benzene rings is 2. The number of nitrogens with one attached hydrogen (secondary N) is 1. The molecule has 0 saturated carbocycles. The zero-order valence-electron chi connectivity index (χ0n) is 12.8. The number of nitro benzene ring substituents is 1. The summed E-state index contributed by atoms with van der Waals surface area (Å²) in [5, 5.41) is 22.7. The number of rotatable bonds is 6. The number of hydrogen-bond donors (Lipinski definition) is 2. The van der Waals surface area contributed by atoms with E-state index in [1.807, 2.05) is 13.0 Å². The molecule has 1 amide bonds. The lowest BCUT2D eigenvalue weighted by atomic mass is 10.1. The van der Waals surface area contributed by atoms with E-state index in [1.54, 1.807) is 24.3 Å². The van der Waals surface area contributed by atoms with Crippen molar-refractivity contribution in [1.29, 1.82) is 0 Å². The molecule has 0 aliphatic rings. The zero-order chi connectivity index (χ0) is 16.8. The number of nitrogens with zero attached hydrogens (tertiary/aromatic N) is 1. The Morgan fingerprint density at radius 1 is 1.22 bits per heavy atom. The number of amides is 1. The number of carbonyl (C=O) groups is 1. The second kappa shape index (κ2) is 7.51.